The molecule has 7 heteroatoms. The summed E-state index contributed by atoms with van der Waals surface area (Å²) >= 11 is 0. The SMILES string of the molecule is CO[C@@H](OCC(=O)O)[C@@H](O)C(=O)O. The van der Waals surface area contributed by atoms with Gasteiger partial charge in [-0.05, 0) is 0 Å². The predicted molar refractivity (Wildman–Crippen MR) is 38.0 cm³/mol. The minimum atomic E-state index is -1.90. The summed E-state index contributed by atoms with van der Waals surface area (Å²) in [6.07, 6.45) is -3.38. The molecule has 0 spiro atoms. The van der Waals surface area contributed by atoms with Crippen LogP contribution in [0.5, 0.6) is 0 Å². The topological polar surface area (TPSA) is 113 Å². The van der Waals surface area contributed by atoms with Crippen molar-refractivity contribution < 1.29 is 34.4 Å². The Kier molecular flexibility index (Phi) is 4.97. The van der Waals surface area contributed by atoms with Gasteiger partial charge in [0.15, 0.2) is 6.29 Å². The van der Waals surface area contributed by atoms with Crippen molar-refractivity contribution in [2.24, 2.45) is 0 Å². The Balaban J connectivity index is 4.02. The highest BCUT2D eigenvalue weighted by atomic mass is 16.7. The minimum Gasteiger partial charge on any atom is -0.480 e. The molecule has 0 saturated heterocycles. The number of aliphatic hydroxyl groups is 1. The fourth-order valence-electron chi connectivity index (χ4n) is 0.558. The van der Waals surface area contributed by atoms with Gasteiger partial charge in [0.1, 0.15) is 6.61 Å². The number of carbonyl (C=O) groups is 2. The maximum atomic E-state index is 10.2. The molecule has 0 bridgehead atoms. The third-order valence-electron chi connectivity index (χ3n) is 1.11. The van der Waals surface area contributed by atoms with E-state index in [1.54, 1.807) is 0 Å². The van der Waals surface area contributed by atoms with Crippen molar-refractivity contribution in [3.05, 3.63) is 0 Å². The fourth-order valence-corrected chi connectivity index (χ4v) is 0.558. The van der Waals surface area contributed by atoms with Crippen LogP contribution in [0.3, 0.4) is 0 Å². The van der Waals surface area contributed by atoms with Crippen molar-refractivity contribution in [3.8, 4) is 0 Å². The highest BCUT2D eigenvalue weighted by Crippen LogP contribution is 2.00. The van der Waals surface area contributed by atoms with Crippen LogP contribution in [-0.4, -0.2) is 53.4 Å². The number of hydrogen-bond donors (Lipinski definition) is 3. The number of methoxy groups -OCH3 is 1. The minimum absolute atomic E-state index is 0.733. The summed E-state index contributed by atoms with van der Waals surface area (Å²) in [5.41, 5.74) is 0. The second kappa shape index (κ2) is 5.46. The molecular formula is C6H10O7. The van der Waals surface area contributed by atoms with Crippen LogP contribution in [0.1, 0.15) is 0 Å². The van der Waals surface area contributed by atoms with Crippen LogP contribution in [0.2, 0.25) is 0 Å². The fraction of sp³-hybridized carbons (Fsp3) is 0.667. The van der Waals surface area contributed by atoms with Crippen LogP contribution in [0, 0.1) is 0 Å². The number of aliphatic hydroxyl groups excluding tert-OH is 1. The van der Waals surface area contributed by atoms with Gasteiger partial charge in [-0.1, -0.05) is 0 Å². The van der Waals surface area contributed by atoms with E-state index in [1.807, 2.05) is 0 Å². The Morgan fingerprint density at radius 2 is 1.92 bits per heavy atom. The molecule has 0 fully saturated rings. The smallest absolute Gasteiger partial charge is 0.337 e. The van der Waals surface area contributed by atoms with Gasteiger partial charge in [-0.3, -0.25) is 0 Å². The predicted octanol–water partition coefficient (Wildman–Crippen LogP) is -1.49. The van der Waals surface area contributed by atoms with E-state index < -0.39 is 30.9 Å². The van der Waals surface area contributed by atoms with E-state index in [0.29, 0.717) is 0 Å². The second-order valence-corrected chi connectivity index (χ2v) is 2.09. The van der Waals surface area contributed by atoms with E-state index in [1.165, 1.54) is 0 Å². The van der Waals surface area contributed by atoms with Crippen molar-refractivity contribution in [3.63, 3.8) is 0 Å². The van der Waals surface area contributed by atoms with Gasteiger partial charge < -0.3 is 24.8 Å². The van der Waals surface area contributed by atoms with E-state index in [2.05, 4.69) is 9.47 Å². The maximum absolute atomic E-state index is 10.2. The zero-order chi connectivity index (χ0) is 10.4. The molecule has 0 radical (unpaired) electrons. The monoisotopic (exact) mass is 194 g/mol. The molecule has 13 heavy (non-hydrogen) atoms. The Morgan fingerprint density at radius 1 is 1.38 bits per heavy atom. The molecule has 0 amide bonds. The molecule has 0 rings (SSSR count). The van der Waals surface area contributed by atoms with E-state index >= 15 is 0 Å². The van der Waals surface area contributed by atoms with Gasteiger partial charge in [-0.2, -0.15) is 0 Å². The van der Waals surface area contributed by atoms with E-state index in [0.717, 1.165) is 7.11 Å². The lowest BCUT2D eigenvalue weighted by atomic mass is 10.3. The summed E-state index contributed by atoms with van der Waals surface area (Å²) < 4.78 is 8.83. The molecule has 0 aromatic rings. The van der Waals surface area contributed by atoms with Crippen LogP contribution in [0.4, 0.5) is 0 Å². The number of aliphatic carboxylic acids is 2. The summed E-state index contributed by atoms with van der Waals surface area (Å²) in [4.78, 5) is 20.2. The van der Waals surface area contributed by atoms with Crippen molar-refractivity contribution in [2.75, 3.05) is 13.7 Å². The standard InChI is InChI=1S/C6H10O7/c1-12-6(4(9)5(10)11)13-2-3(7)8/h4,6,9H,2H2,1H3,(H,7,8)(H,10,11)/t4-,6-/m0/s1. The van der Waals surface area contributed by atoms with Crippen molar-refractivity contribution >= 4 is 11.9 Å². The third-order valence-corrected chi connectivity index (χ3v) is 1.11. The summed E-state index contributed by atoms with van der Waals surface area (Å²) in [5, 5.41) is 25.3. The molecule has 2 atom stereocenters. The largest absolute Gasteiger partial charge is 0.480 e. The molecular weight excluding hydrogens is 184 g/mol. The lowest BCUT2D eigenvalue weighted by molar-refractivity contribution is -0.201. The number of carboxylic acid groups (broad SMARTS) is 2. The zero-order valence-corrected chi connectivity index (χ0v) is 6.84. The van der Waals surface area contributed by atoms with E-state index in [-0.39, 0.29) is 0 Å². The molecule has 7 nitrogen and oxygen atoms in total. The van der Waals surface area contributed by atoms with Crippen LogP contribution in [0.15, 0.2) is 0 Å². The normalized spacial score (nSPS) is 14.9. The molecule has 3 N–H and O–H groups in total. The highest BCUT2D eigenvalue weighted by Gasteiger charge is 2.26. The number of ether oxygens (including phenoxy) is 2. The second-order valence-electron chi connectivity index (χ2n) is 2.09. The van der Waals surface area contributed by atoms with Crippen molar-refractivity contribution in [2.45, 2.75) is 12.4 Å². The zero-order valence-electron chi connectivity index (χ0n) is 6.84. The van der Waals surface area contributed by atoms with Crippen LogP contribution < -0.4 is 0 Å². The Bertz CT molecular complexity index is 189. The first-order chi connectivity index (χ1) is 5.99. The highest BCUT2D eigenvalue weighted by molar-refractivity contribution is 5.72. The Morgan fingerprint density at radius 3 is 2.23 bits per heavy atom. The summed E-state index contributed by atoms with van der Waals surface area (Å²) in [6, 6.07) is 0. The van der Waals surface area contributed by atoms with E-state index in [9.17, 15) is 9.59 Å². The molecule has 0 aliphatic rings. The van der Waals surface area contributed by atoms with Crippen LogP contribution in [0.25, 0.3) is 0 Å². The van der Waals surface area contributed by atoms with Gasteiger partial charge >= 0.3 is 11.9 Å². The molecule has 0 aromatic heterocycles. The summed E-state index contributed by atoms with van der Waals surface area (Å²) in [7, 11) is 1.10. The first kappa shape index (κ1) is 11.8. The molecule has 76 valence electrons. The first-order valence-corrected chi connectivity index (χ1v) is 3.26. The molecule has 0 aromatic carbocycles. The molecule has 0 unspecified atom stereocenters. The molecule has 0 aliphatic carbocycles. The quantitative estimate of drug-likeness (QED) is 0.441. The Labute approximate surface area is 73.5 Å². The first-order valence-electron chi connectivity index (χ1n) is 3.26. The lowest BCUT2D eigenvalue weighted by Gasteiger charge is -2.17. The average Bonchev–Trinajstić information content (AvgIpc) is 2.04. The van der Waals surface area contributed by atoms with Crippen molar-refractivity contribution in [1.82, 2.24) is 0 Å². The Hall–Kier alpha value is -1.18. The summed E-state index contributed by atoms with van der Waals surface area (Å²) in [6.45, 7) is -0.733. The number of rotatable bonds is 6. The molecule has 0 aliphatic heterocycles. The van der Waals surface area contributed by atoms with E-state index in [4.69, 9.17) is 15.3 Å². The van der Waals surface area contributed by atoms with Gasteiger partial charge in [0, 0.05) is 7.11 Å². The molecule has 0 heterocycles. The number of hydrogen-bond acceptors (Lipinski definition) is 5. The van der Waals surface area contributed by atoms with Gasteiger partial charge in [0.2, 0.25) is 6.10 Å². The van der Waals surface area contributed by atoms with Gasteiger partial charge in [0.05, 0.1) is 0 Å². The molecule has 0 saturated carbocycles. The maximum Gasteiger partial charge on any atom is 0.337 e. The van der Waals surface area contributed by atoms with Crippen LogP contribution >= 0.6 is 0 Å². The number of carboxylic acids is 2. The van der Waals surface area contributed by atoms with Crippen LogP contribution in [-0.2, 0) is 19.1 Å². The van der Waals surface area contributed by atoms with Gasteiger partial charge in [-0.15, -0.1) is 0 Å². The van der Waals surface area contributed by atoms with Gasteiger partial charge in [-0.25, -0.2) is 9.59 Å². The third kappa shape index (κ3) is 4.41. The van der Waals surface area contributed by atoms with Gasteiger partial charge in [0.25, 0.3) is 0 Å². The lowest BCUT2D eigenvalue weighted by Crippen LogP contribution is -2.38. The summed E-state index contributed by atoms with van der Waals surface area (Å²) in [5.74, 6) is -2.82. The average molecular weight is 194 g/mol. The van der Waals surface area contributed by atoms with Crippen molar-refractivity contribution in [1.29, 1.82) is 0 Å².